The van der Waals surface area contributed by atoms with Crippen LogP contribution < -0.4 is 0 Å². The van der Waals surface area contributed by atoms with Gasteiger partial charge in [0.1, 0.15) is 22.8 Å². The molecule has 0 fully saturated rings. The average Bonchev–Trinajstić information content (AvgIpc) is 3.52. The lowest BCUT2D eigenvalue weighted by Crippen LogP contribution is -2.24. The number of rotatable bonds is 3. The van der Waals surface area contributed by atoms with Gasteiger partial charge in [-0.3, -0.25) is 0 Å². The summed E-state index contributed by atoms with van der Waals surface area (Å²) in [5.74, 6) is 2.22. The van der Waals surface area contributed by atoms with Crippen LogP contribution >= 0.6 is 0 Å². The van der Waals surface area contributed by atoms with Gasteiger partial charge in [0.2, 0.25) is 0 Å². The van der Waals surface area contributed by atoms with E-state index in [4.69, 9.17) is 19.4 Å². The molecule has 0 amide bonds. The molecule has 5 nitrogen and oxygen atoms in total. The highest BCUT2D eigenvalue weighted by atomic mass is 16.3. The third-order valence-electron chi connectivity index (χ3n) is 8.75. The minimum Gasteiger partial charge on any atom is -0.455 e. The second kappa shape index (κ2) is 10.00. The predicted molar refractivity (Wildman–Crippen MR) is 187 cm³/mol. The molecule has 3 aromatic heterocycles. The summed E-state index contributed by atoms with van der Waals surface area (Å²) in [6.45, 7) is 20.4. The van der Waals surface area contributed by atoms with E-state index in [0.29, 0.717) is 12.4 Å². The van der Waals surface area contributed by atoms with Gasteiger partial charge in [0.05, 0.1) is 17.6 Å². The normalized spacial score (nSPS) is 13.1. The van der Waals surface area contributed by atoms with Crippen molar-refractivity contribution in [2.75, 3.05) is 0 Å². The molecule has 0 bridgehead atoms. The van der Waals surface area contributed by atoms with E-state index in [1.807, 2.05) is 0 Å². The van der Waals surface area contributed by atoms with Crippen molar-refractivity contribution in [2.45, 2.75) is 85.1 Å². The highest BCUT2D eigenvalue weighted by Gasteiger charge is 2.27. The summed E-state index contributed by atoms with van der Waals surface area (Å²) in [6.07, 6.45) is 0. The summed E-state index contributed by atoms with van der Waals surface area (Å²) in [6, 6.07) is 28.3. The lowest BCUT2D eigenvalue weighted by atomic mass is 9.85. The molecule has 0 aliphatic rings. The molecule has 0 atom stereocenters. The summed E-state index contributed by atoms with van der Waals surface area (Å²) in [7, 11) is 0. The van der Waals surface area contributed by atoms with Gasteiger partial charge in [0, 0.05) is 43.5 Å². The van der Waals surface area contributed by atoms with Crippen LogP contribution in [0.4, 0.5) is 0 Å². The first-order valence-electron chi connectivity index (χ1n) is 15.9. The van der Waals surface area contributed by atoms with Gasteiger partial charge in [-0.2, -0.15) is 0 Å². The fraction of sp³-hybridized carbons (Fsp3) is 0.325. The van der Waals surface area contributed by atoms with Gasteiger partial charge in [-0.05, 0) is 23.1 Å². The third kappa shape index (κ3) is 4.89. The van der Waals surface area contributed by atoms with E-state index in [0.717, 1.165) is 44.7 Å². The van der Waals surface area contributed by atoms with Gasteiger partial charge < -0.3 is 8.98 Å². The van der Waals surface area contributed by atoms with E-state index in [9.17, 15) is 0 Å². The van der Waals surface area contributed by atoms with E-state index in [1.54, 1.807) is 0 Å². The van der Waals surface area contributed by atoms with Gasteiger partial charge in [0.15, 0.2) is 5.82 Å². The maximum Gasteiger partial charge on any atom is 0.167 e. The summed E-state index contributed by atoms with van der Waals surface area (Å²) in [5, 5.41) is 4.73. The number of benzene rings is 4. The largest absolute Gasteiger partial charge is 0.455 e. The number of para-hydroxylation sites is 4. The van der Waals surface area contributed by atoms with Crippen LogP contribution in [0.3, 0.4) is 0 Å². The molecule has 45 heavy (non-hydrogen) atoms. The Balaban J connectivity index is 1.46. The molecule has 7 aromatic rings. The predicted octanol–water partition coefficient (Wildman–Crippen LogP) is 10.5. The second-order valence-electron chi connectivity index (χ2n) is 15.4. The zero-order valence-corrected chi connectivity index (χ0v) is 27.9. The minimum atomic E-state index is -0.221. The van der Waals surface area contributed by atoms with Crippen molar-refractivity contribution in [1.82, 2.24) is 19.5 Å². The summed E-state index contributed by atoms with van der Waals surface area (Å²) >= 11 is 0. The fourth-order valence-corrected chi connectivity index (χ4v) is 6.40. The quantitative estimate of drug-likeness (QED) is 0.204. The maximum atomic E-state index is 6.88. The molecule has 0 radical (unpaired) electrons. The van der Waals surface area contributed by atoms with Crippen LogP contribution in [0.25, 0.3) is 55.1 Å². The van der Waals surface area contributed by atoms with Crippen LogP contribution in [0, 0.1) is 0 Å². The van der Waals surface area contributed by atoms with Gasteiger partial charge >= 0.3 is 0 Å². The Labute approximate surface area is 265 Å². The highest BCUT2D eigenvalue weighted by Crippen LogP contribution is 2.40. The summed E-state index contributed by atoms with van der Waals surface area (Å²) in [4.78, 5) is 14.9. The average molecular weight is 595 g/mol. The van der Waals surface area contributed by atoms with E-state index in [1.165, 1.54) is 27.4 Å². The summed E-state index contributed by atoms with van der Waals surface area (Å²) in [5.41, 5.74) is 7.15. The van der Waals surface area contributed by atoms with Crippen molar-refractivity contribution in [3.63, 3.8) is 0 Å². The second-order valence-corrected chi connectivity index (χ2v) is 15.4. The zero-order valence-electron chi connectivity index (χ0n) is 27.9. The van der Waals surface area contributed by atoms with Crippen molar-refractivity contribution in [2.24, 2.45) is 0 Å². The third-order valence-corrected chi connectivity index (χ3v) is 8.75. The van der Waals surface area contributed by atoms with Gasteiger partial charge in [0.25, 0.3) is 0 Å². The molecule has 228 valence electrons. The van der Waals surface area contributed by atoms with Crippen molar-refractivity contribution < 1.29 is 4.42 Å². The minimum absolute atomic E-state index is 0.00569. The molecule has 0 saturated carbocycles. The van der Waals surface area contributed by atoms with Crippen LogP contribution in [-0.4, -0.2) is 19.5 Å². The number of hydrogen-bond donors (Lipinski definition) is 0. The monoisotopic (exact) mass is 594 g/mol. The molecular formula is C40H42N4O. The zero-order chi connectivity index (χ0) is 31.9. The lowest BCUT2D eigenvalue weighted by Gasteiger charge is -2.22. The Bertz CT molecular complexity index is 2220. The molecule has 7 rings (SSSR count). The Morgan fingerprint density at radius 1 is 0.556 bits per heavy atom. The van der Waals surface area contributed by atoms with Crippen LogP contribution in [0.15, 0.2) is 83.3 Å². The molecule has 0 N–H and O–H groups in total. The Kier molecular flexibility index (Phi) is 6.49. The number of furan rings is 1. The smallest absolute Gasteiger partial charge is 0.167 e. The van der Waals surface area contributed by atoms with Crippen LogP contribution in [-0.2, 0) is 22.8 Å². The molecular weight excluding hydrogens is 552 g/mol. The number of fused-ring (bicyclic) bond motifs is 6. The first-order chi connectivity index (χ1) is 21.2. The van der Waals surface area contributed by atoms with Crippen molar-refractivity contribution in [3.8, 4) is 11.4 Å². The van der Waals surface area contributed by atoms with Crippen LogP contribution in [0.2, 0.25) is 0 Å². The number of aromatic nitrogens is 4. The Morgan fingerprint density at radius 2 is 1.13 bits per heavy atom. The van der Waals surface area contributed by atoms with Gasteiger partial charge in [-0.1, -0.05) is 129 Å². The molecule has 0 spiro atoms. The molecule has 3 heterocycles. The number of hydrogen-bond acceptors (Lipinski definition) is 4. The van der Waals surface area contributed by atoms with E-state index in [-0.39, 0.29) is 16.2 Å². The SMILES string of the molecule is CC(C)(C)c1nc(-c2cccc3c2oc2c(Cn4c5ccccc5c5cccc(C(C)(C)C)c54)cccc23)nc(C(C)(C)C)n1. The molecule has 0 aliphatic heterocycles. The van der Waals surface area contributed by atoms with Crippen LogP contribution in [0.5, 0.6) is 0 Å². The van der Waals surface area contributed by atoms with Crippen LogP contribution in [0.1, 0.15) is 85.1 Å². The standard InChI is InChI=1S/C40H42N4O/c1-38(2,3)30-21-14-17-26-25-16-10-11-22-31(25)44(32(26)30)23-24-15-12-18-27-28-19-13-20-29(34(28)45-33(24)27)35-41-36(39(4,5)6)43-37(42-35)40(7,8)9/h10-22H,23H2,1-9H3. The first-order valence-corrected chi connectivity index (χ1v) is 15.9. The number of nitrogens with zero attached hydrogens (tertiary/aromatic N) is 4. The molecule has 5 heteroatoms. The van der Waals surface area contributed by atoms with Gasteiger partial charge in [-0.25, -0.2) is 15.0 Å². The molecule has 0 aliphatic carbocycles. The van der Waals surface area contributed by atoms with E-state index < -0.39 is 0 Å². The fourth-order valence-electron chi connectivity index (χ4n) is 6.40. The highest BCUT2D eigenvalue weighted by molar-refractivity contribution is 6.11. The van der Waals surface area contributed by atoms with Gasteiger partial charge in [-0.15, -0.1) is 0 Å². The Hall–Kier alpha value is -4.51. The van der Waals surface area contributed by atoms with Crippen molar-refractivity contribution >= 4 is 43.7 Å². The Morgan fingerprint density at radius 3 is 1.80 bits per heavy atom. The van der Waals surface area contributed by atoms with E-state index >= 15 is 0 Å². The topological polar surface area (TPSA) is 56.7 Å². The lowest BCUT2D eigenvalue weighted by molar-refractivity contribution is 0.497. The van der Waals surface area contributed by atoms with E-state index in [2.05, 4.69) is 146 Å². The molecule has 4 aromatic carbocycles. The van der Waals surface area contributed by atoms with Crippen molar-refractivity contribution in [1.29, 1.82) is 0 Å². The molecule has 0 saturated heterocycles. The maximum absolute atomic E-state index is 6.88. The molecule has 0 unspecified atom stereocenters. The van der Waals surface area contributed by atoms with Crippen molar-refractivity contribution in [3.05, 3.63) is 102 Å². The summed E-state index contributed by atoms with van der Waals surface area (Å²) < 4.78 is 9.35. The first kappa shape index (κ1) is 29.2.